The van der Waals surface area contributed by atoms with E-state index in [1.54, 1.807) is 0 Å². The van der Waals surface area contributed by atoms with Crippen LogP contribution in [-0.2, 0) is 4.74 Å². The Morgan fingerprint density at radius 3 is 2.32 bits per heavy atom. The number of rotatable bonds is 3. The summed E-state index contributed by atoms with van der Waals surface area (Å²) in [6.07, 6.45) is -0.369. The minimum Gasteiger partial charge on any atom is -0.389 e. The normalized spacial score (nSPS) is 24.8. The van der Waals surface area contributed by atoms with Crippen LogP contribution in [0.4, 0.5) is 5.82 Å². The van der Waals surface area contributed by atoms with Crippen molar-refractivity contribution in [3.63, 3.8) is 0 Å². The Balaban J connectivity index is 1.41. The average Bonchev–Trinajstić information content (AvgIpc) is 3.20. The fraction of sp³-hybridized carbons (Fsp3) is 0.588. The third-order valence-electron chi connectivity index (χ3n) is 4.99. The second kappa shape index (κ2) is 6.70. The van der Waals surface area contributed by atoms with E-state index in [-0.39, 0.29) is 12.1 Å². The summed E-state index contributed by atoms with van der Waals surface area (Å²) in [7, 11) is 0. The summed E-state index contributed by atoms with van der Waals surface area (Å²) in [6.45, 7) is 8.59. The fourth-order valence-corrected chi connectivity index (χ4v) is 3.62. The van der Waals surface area contributed by atoms with E-state index in [2.05, 4.69) is 25.1 Å². The Morgan fingerprint density at radius 1 is 1.04 bits per heavy atom. The Bertz CT molecular complexity index is 723. The molecule has 0 spiro atoms. The highest BCUT2D eigenvalue weighted by Crippen LogP contribution is 2.19. The maximum absolute atomic E-state index is 9.98. The molecular weight excluding hydrogens is 320 g/mol. The fourth-order valence-electron chi connectivity index (χ4n) is 3.62. The van der Waals surface area contributed by atoms with Gasteiger partial charge in [-0.05, 0) is 32.0 Å². The van der Waals surface area contributed by atoms with Crippen LogP contribution in [0, 0.1) is 13.8 Å². The van der Waals surface area contributed by atoms with E-state index in [9.17, 15) is 5.11 Å². The molecule has 0 amide bonds. The Hall–Kier alpha value is -2.03. The van der Waals surface area contributed by atoms with Crippen LogP contribution in [-0.4, -0.2) is 81.5 Å². The van der Waals surface area contributed by atoms with Gasteiger partial charge in [0.2, 0.25) is 0 Å². The molecule has 2 atom stereocenters. The molecule has 0 aromatic carbocycles. The molecular formula is C17H24N6O2. The number of nitrogens with zero attached hydrogens (tertiary/aromatic N) is 6. The molecule has 25 heavy (non-hydrogen) atoms. The molecule has 0 bridgehead atoms. The largest absolute Gasteiger partial charge is 0.389 e. The minimum absolute atomic E-state index is 0.127. The molecule has 2 aromatic heterocycles. The molecule has 2 saturated heterocycles. The van der Waals surface area contributed by atoms with Gasteiger partial charge in [0.1, 0.15) is 0 Å². The zero-order valence-electron chi connectivity index (χ0n) is 14.7. The van der Waals surface area contributed by atoms with Gasteiger partial charge in [-0.2, -0.15) is 5.10 Å². The van der Waals surface area contributed by atoms with Gasteiger partial charge in [0.25, 0.3) is 0 Å². The van der Waals surface area contributed by atoms with Crippen LogP contribution in [0.25, 0.3) is 5.82 Å². The van der Waals surface area contributed by atoms with E-state index >= 15 is 0 Å². The van der Waals surface area contributed by atoms with Crippen LogP contribution in [0.2, 0.25) is 0 Å². The van der Waals surface area contributed by atoms with Crippen LogP contribution in [0.15, 0.2) is 18.2 Å². The lowest BCUT2D eigenvalue weighted by molar-refractivity contribution is 0.0784. The van der Waals surface area contributed by atoms with Crippen molar-refractivity contribution < 1.29 is 9.84 Å². The van der Waals surface area contributed by atoms with Crippen molar-refractivity contribution in [1.82, 2.24) is 24.9 Å². The maximum atomic E-state index is 9.98. The van der Waals surface area contributed by atoms with Crippen LogP contribution in [0.5, 0.6) is 0 Å². The summed E-state index contributed by atoms with van der Waals surface area (Å²) < 4.78 is 7.18. The molecule has 134 valence electrons. The second-order valence-electron chi connectivity index (χ2n) is 6.78. The molecule has 2 aliphatic heterocycles. The number of piperazine rings is 1. The Labute approximate surface area is 147 Å². The first-order valence-electron chi connectivity index (χ1n) is 8.74. The van der Waals surface area contributed by atoms with Gasteiger partial charge in [-0.1, -0.05) is 0 Å². The monoisotopic (exact) mass is 344 g/mol. The molecule has 2 aromatic rings. The van der Waals surface area contributed by atoms with Crippen LogP contribution in [0.3, 0.4) is 0 Å². The van der Waals surface area contributed by atoms with Crippen molar-refractivity contribution in [3.05, 3.63) is 29.6 Å². The van der Waals surface area contributed by atoms with E-state index in [0.717, 1.165) is 49.2 Å². The average molecular weight is 344 g/mol. The van der Waals surface area contributed by atoms with Gasteiger partial charge in [-0.3, -0.25) is 4.90 Å². The lowest BCUT2D eigenvalue weighted by Gasteiger charge is -2.38. The van der Waals surface area contributed by atoms with Crippen molar-refractivity contribution in [2.45, 2.75) is 26.0 Å². The van der Waals surface area contributed by atoms with Crippen LogP contribution < -0.4 is 4.90 Å². The lowest BCUT2D eigenvalue weighted by Crippen LogP contribution is -2.53. The first-order valence-corrected chi connectivity index (χ1v) is 8.74. The topological polar surface area (TPSA) is 79.5 Å². The van der Waals surface area contributed by atoms with E-state index in [1.807, 2.05) is 36.7 Å². The number of hydrogen-bond donors (Lipinski definition) is 1. The van der Waals surface area contributed by atoms with Crippen molar-refractivity contribution in [3.8, 4) is 5.82 Å². The number of anilines is 1. The van der Waals surface area contributed by atoms with E-state index in [0.29, 0.717) is 13.2 Å². The van der Waals surface area contributed by atoms with Crippen molar-refractivity contribution in [2.24, 2.45) is 0 Å². The molecule has 0 radical (unpaired) electrons. The number of ether oxygens (including phenoxy) is 1. The van der Waals surface area contributed by atoms with Crippen molar-refractivity contribution in [2.75, 3.05) is 44.3 Å². The molecule has 0 saturated carbocycles. The van der Waals surface area contributed by atoms with Crippen LogP contribution >= 0.6 is 0 Å². The minimum atomic E-state index is -0.369. The highest BCUT2D eigenvalue weighted by Gasteiger charge is 2.33. The SMILES string of the molecule is Cc1cc(C)n(-c2ccc(N3CCN(C4COCC4O)CC3)nn2)n1. The molecule has 8 heteroatoms. The number of aliphatic hydroxyl groups is 1. The summed E-state index contributed by atoms with van der Waals surface area (Å²) in [6, 6.07) is 6.11. The molecule has 2 unspecified atom stereocenters. The quantitative estimate of drug-likeness (QED) is 0.850. The highest BCUT2D eigenvalue weighted by atomic mass is 16.5. The summed E-state index contributed by atoms with van der Waals surface area (Å²) in [5.74, 6) is 1.62. The zero-order valence-corrected chi connectivity index (χ0v) is 14.7. The second-order valence-corrected chi connectivity index (χ2v) is 6.78. The predicted octanol–water partition coefficient (Wildman–Crippen LogP) is 0.161. The molecule has 8 nitrogen and oxygen atoms in total. The number of aliphatic hydroxyl groups excluding tert-OH is 1. The lowest BCUT2D eigenvalue weighted by atomic mass is 10.1. The molecule has 4 rings (SSSR count). The first kappa shape index (κ1) is 16.4. The van der Waals surface area contributed by atoms with E-state index in [1.165, 1.54) is 0 Å². The van der Waals surface area contributed by atoms with Crippen molar-refractivity contribution in [1.29, 1.82) is 0 Å². The predicted molar refractivity (Wildman–Crippen MR) is 93.0 cm³/mol. The van der Waals surface area contributed by atoms with Crippen LogP contribution in [0.1, 0.15) is 11.4 Å². The number of aryl methyl sites for hydroxylation is 2. The number of hydrogen-bond acceptors (Lipinski definition) is 7. The van der Waals surface area contributed by atoms with Gasteiger partial charge < -0.3 is 14.7 Å². The molecule has 2 fully saturated rings. The maximum Gasteiger partial charge on any atom is 0.176 e. The van der Waals surface area contributed by atoms with Crippen molar-refractivity contribution >= 4 is 5.82 Å². The Morgan fingerprint density at radius 2 is 1.76 bits per heavy atom. The van der Waals surface area contributed by atoms with E-state index < -0.39 is 0 Å². The molecule has 2 aliphatic rings. The van der Waals surface area contributed by atoms with E-state index in [4.69, 9.17) is 4.74 Å². The highest BCUT2D eigenvalue weighted by molar-refractivity contribution is 5.40. The third kappa shape index (κ3) is 3.24. The van der Waals surface area contributed by atoms with Gasteiger partial charge in [-0.25, -0.2) is 4.68 Å². The molecule has 4 heterocycles. The molecule has 1 N–H and O–H groups in total. The number of aromatic nitrogens is 4. The standard InChI is InChI=1S/C17H24N6O2/c1-12-9-13(2)23(20-12)17-4-3-16(18-19-17)22-7-5-21(6-8-22)14-10-25-11-15(14)24/h3-4,9,14-15,24H,5-8,10-11H2,1-2H3. The summed E-state index contributed by atoms with van der Waals surface area (Å²) >= 11 is 0. The summed E-state index contributed by atoms with van der Waals surface area (Å²) in [5.41, 5.74) is 2.02. The summed E-state index contributed by atoms with van der Waals surface area (Å²) in [5, 5.41) is 23.1. The summed E-state index contributed by atoms with van der Waals surface area (Å²) in [4.78, 5) is 4.54. The zero-order chi connectivity index (χ0) is 17.4. The first-order chi connectivity index (χ1) is 12.1. The third-order valence-corrected chi connectivity index (χ3v) is 4.99. The molecule has 0 aliphatic carbocycles. The smallest absolute Gasteiger partial charge is 0.176 e. The van der Waals surface area contributed by atoms with Gasteiger partial charge in [0.05, 0.1) is 31.1 Å². The van der Waals surface area contributed by atoms with Gasteiger partial charge in [0.15, 0.2) is 11.6 Å². The van der Waals surface area contributed by atoms with Gasteiger partial charge in [-0.15, -0.1) is 10.2 Å². The Kier molecular flexibility index (Phi) is 4.41. The van der Waals surface area contributed by atoms with Gasteiger partial charge >= 0.3 is 0 Å². The van der Waals surface area contributed by atoms with Gasteiger partial charge in [0, 0.05) is 31.9 Å².